The maximum atomic E-state index is 13.5. The van der Waals surface area contributed by atoms with Gasteiger partial charge in [0.1, 0.15) is 12.6 Å². The van der Waals surface area contributed by atoms with E-state index in [9.17, 15) is 22.8 Å². The summed E-state index contributed by atoms with van der Waals surface area (Å²) in [6.07, 6.45) is 2.39. The third-order valence-electron chi connectivity index (χ3n) is 7.05. The number of carbonyl (C=O) groups excluding carboxylic acids is 1. The van der Waals surface area contributed by atoms with E-state index in [0.29, 0.717) is 16.9 Å². The van der Waals surface area contributed by atoms with Crippen LogP contribution in [0.15, 0.2) is 66.0 Å². The summed E-state index contributed by atoms with van der Waals surface area (Å²) in [7, 11) is 1.84. The number of rotatable bonds is 4. The first-order valence-electron chi connectivity index (χ1n) is 12.0. The highest BCUT2D eigenvalue weighted by atomic mass is 19.4. The number of amides is 1. The quantitative estimate of drug-likeness (QED) is 0.360. The van der Waals surface area contributed by atoms with E-state index in [1.807, 2.05) is 19.2 Å². The zero-order valence-electron chi connectivity index (χ0n) is 20.3. The third kappa shape index (κ3) is 3.83. The standard InChI is InChI=1S/C26H22F3N7O2/c1-33-21-14-30-12-18(19(21)13-32-33)16-6-8-17(9-7-16)36-24-20(4-2-10-31-24)35(25(36)38)15-23(37)34-11-3-5-22(34)26(27,28)29/h2,4,6-10,12-14,22H,3,5,11,15H2,1H3. The predicted octanol–water partition coefficient (Wildman–Crippen LogP) is 3.69. The van der Waals surface area contributed by atoms with Gasteiger partial charge in [0.2, 0.25) is 5.91 Å². The van der Waals surface area contributed by atoms with Crippen LogP contribution in [-0.2, 0) is 18.4 Å². The molecule has 6 rings (SSSR count). The maximum absolute atomic E-state index is 13.5. The number of halogens is 3. The fourth-order valence-electron chi connectivity index (χ4n) is 5.18. The highest BCUT2D eigenvalue weighted by Crippen LogP contribution is 2.33. The van der Waals surface area contributed by atoms with Crippen LogP contribution in [0.5, 0.6) is 0 Å². The van der Waals surface area contributed by atoms with Crippen molar-refractivity contribution in [1.82, 2.24) is 33.8 Å². The summed E-state index contributed by atoms with van der Waals surface area (Å²) in [5, 5.41) is 5.23. The number of aryl methyl sites for hydroxylation is 1. The lowest BCUT2D eigenvalue weighted by Gasteiger charge is -2.26. The van der Waals surface area contributed by atoms with Crippen molar-refractivity contribution >= 4 is 28.0 Å². The van der Waals surface area contributed by atoms with Crippen LogP contribution in [0.2, 0.25) is 0 Å². The molecule has 1 aromatic carbocycles. The van der Waals surface area contributed by atoms with Crippen molar-refractivity contribution in [3.63, 3.8) is 0 Å². The predicted molar refractivity (Wildman–Crippen MR) is 134 cm³/mol. The fraction of sp³-hybridized carbons (Fsp3) is 0.269. The minimum Gasteiger partial charge on any atom is -0.329 e. The van der Waals surface area contributed by atoms with Crippen LogP contribution in [-0.4, -0.2) is 58.5 Å². The topological polar surface area (TPSA) is 90.8 Å². The third-order valence-corrected chi connectivity index (χ3v) is 7.05. The number of benzene rings is 1. The number of hydrogen-bond donors (Lipinski definition) is 0. The normalized spacial score (nSPS) is 16.1. The van der Waals surface area contributed by atoms with E-state index in [-0.39, 0.29) is 19.4 Å². The van der Waals surface area contributed by atoms with Crippen molar-refractivity contribution in [2.75, 3.05) is 6.54 Å². The number of fused-ring (bicyclic) bond motifs is 2. The van der Waals surface area contributed by atoms with E-state index >= 15 is 0 Å². The maximum Gasteiger partial charge on any atom is 0.408 e. The van der Waals surface area contributed by atoms with Crippen LogP contribution in [0, 0.1) is 0 Å². The minimum atomic E-state index is -4.51. The van der Waals surface area contributed by atoms with Gasteiger partial charge >= 0.3 is 11.9 Å². The molecule has 0 saturated carbocycles. The zero-order chi connectivity index (χ0) is 26.6. The molecule has 1 aliphatic heterocycles. The van der Waals surface area contributed by atoms with Crippen LogP contribution < -0.4 is 5.69 Å². The van der Waals surface area contributed by atoms with Gasteiger partial charge in [-0.05, 0) is 42.7 Å². The first kappa shape index (κ1) is 23.9. The molecule has 0 radical (unpaired) electrons. The molecule has 0 bridgehead atoms. The van der Waals surface area contributed by atoms with E-state index in [1.54, 1.807) is 47.5 Å². The fourth-order valence-corrected chi connectivity index (χ4v) is 5.18. The first-order valence-corrected chi connectivity index (χ1v) is 12.0. The molecule has 1 fully saturated rings. The summed E-state index contributed by atoms with van der Waals surface area (Å²) < 4.78 is 44.6. The molecule has 9 nitrogen and oxygen atoms in total. The smallest absolute Gasteiger partial charge is 0.329 e. The van der Waals surface area contributed by atoms with E-state index in [1.165, 1.54) is 15.3 Å². The van der Waals surface area contributed by atoms with Gasteiger partial charge in [-0.25, -0.2) is 14.3 Å². The molecule has 1 amide bonds. The molecule has 1 unspecified atom stereocenters. The summed E-state index contributed by atoms with van der Waals surface area (Å²) in [5.41, 5.74) is 3.25. The SMILES string of the molecule is Cn1ncc2c(-c3ccc(-n4c(=O)n(CC(=O)N5CCCC5C(F)(F)F)c5cccnc54)cc3)cncc21. The molecule has 1 aliphatic rings. The van der Waals surface area contributed by atoms with Crippen molar-refractivity contribution in [2.45, 2.75) is 31.6 Å². The summed E-state index contributed by atoms with van der Waals surface area (Å²) in [5.74, 6) is -0.748. The van der Waals surface area contributed by atoms with Crippen molar-refractivity contribution in [2.24, 2.45) is 7.05 Å². The van der Waals surface area contributed by atoms with Crippen LogP contribution in [0.25, 0.3) is 38.9 Å². The lowest BCUT2D eigenvalue weighted by Crippen LogP contribution is -2.46. The molecule has 0 N–H and O–H groups in total. The van der Waals surface area contributed by atoms with Crippen molar-refractivity contribution in [1.29, 1.82) is 0 Å². The number of imidazole rings is 1. The van der Waals surface area contributed by atoms with Gasteiger partial charge in [-0.2, -0.15) is 18.3 Å². The average Bonchev–Trinajstić information content (AvgIpc) is 3.61. The lowest BCUT2D eigenvalue weighted by atomic mass is 10.0. The highest BCUT2D eigenvalue weighted by molar-refractivity contribution is 5.93. The van der Waals surface area contributed by atoms with Crippen LogP contribution in [0.4, 0.5) is 13.2 Å². The Labute approximate surface area is 213 Å². The molecule has 12 heteroatoms. The van der Waals surface area contributed by atoms with Crippen molar-refractivity contribution in [3.05, 3.63) is 71.7 Å². The number of pyridine rings is 2. The molecular weight excluding hydrogens is 499 g/mol. The van der Waals surface area contributed by atoms with Gasteiger partial charge < -0.3 is 4.90 Å². The average molecular weight is 522 g/mol. The highest BCUT2D eigenvalue weighted by Gasteiger charge is 2.47. The molecule has 5 aromatic rings. The number of carbonyl (C=O) groups is 1. The number of aromatic nitrogens is 6. The van der Waals surface area contributed by atoms with E-state index in [0.717, 1.165) is 26.9 Å². The van der Waals surface area contributed by atoms with Gasteiger partial charge in [-0.15, -0.1) is 0 Å². The Morgan fingerprint density at radius 3 is 2.63 bits per heavy atom. The van der Waals surface area contributed by atoms with Gasteiger partial charge in [0.15, 0.2) is 5.65 Å². The molecule has 194 valence electrons. The summed E-state index contributed by atoms with van der Waals surface area (Å²) >= 11 is 0. The molecule has 1 atom stereocenters. The van der Waals surface area contributed by atoms with Gasteiger partial charge in [0, 0.05) is 36.9 Å². The molecule has 38 heavy (non-hydrogen) atoms. The second-order valence-corrected chi connectivity index (χ2v) is 9.27. The molecule has 0 spiro atoms. The lowest BCUT2D eigenvalue weighted by molar-refractivity contribution is -0.182. The van der Waals surface area contributed by atoms with E-state index < -0.39 is 30.4 Å². The largest absolute Gasteiger partial charge is 0.408 e. The van der Waals surface area contributed by atoms with Crippen molar-refractivity contribution in [3.8, 4) is 16.8 Å². The second kappa shape index (κ2) is 8.82. The first-order chi connectivity index (χ1) is 18.2. The Balaban J connectivity index is 1.37. The number of hydrogen-bond acceptors (Lipinski definition) is 5. The van der Waals surface area contributed by atoms with Crippen LogP contribution in [0.1, 0.15) is 12.8 Å². The molecular formula is C26H22F3N7O2. The van der Waals surface area contributed by atoms with Gasteiger partial charge in [0.25, 0.3) is 0 Å². The van der Waals surface area contributed by atoms with E-state index in [4.69, 9.17) is 0 Å². The Bertz CT molecular complexity index is 1730. The summed E-state index contributed by atoms with van der Waals surface area (Å²) in [6.45, 7) is -0.498. The Kier molecular flexibility index (Phi) is 5.55. The summed E-state index contributed by atoms with van der Waals surface area (Å²) in [4.78, 5) is 35.9. The van der Waals surface area contributed by atoms with E-state index in [2.05, 4.69) is 15.1 Å². The van der Waals surface area contributed by atoms with Gasteiger partial charge in [-0.3, -0.25) is 19.0 Å². The van der Waals surface area contributed by atoms with Crippen LogP contribution >= 0.6 is 0 Å². The van der Waals surface area contributed by atoms with Crippen molar-refractivity contribution < 1.29 is 18.0 Å². The molecule has 5 heterocycles. The Morgan fingerprint density at radius 2 is 1.87 bits per heavy atom. The molecule has 1 saturated heterocycles. The number of alkyl halides is 3. The second-order valence-electron chi connectivity index (χ2n) is 9.27. The summed E-state index contributed by atoms with van der Waals surface area (Å²) in [6, 6.07) is 8.62. The number of nitrogens with zero attached hydrogens (tertiary/aromatic N) is 7. The van der Waals surface area contributed by atoms with Gasteiger partial charge in [-0.1, -0.05) is 12.1 Å². The van der Waals surface area contributed by atoms with Gasteiger partial charge in [0.05, 0.1) is 29.1 Å². The monoisotopic (exact) mass is 521 g/mol. The Morgan fingerprint density at radius 1 is 1.08 bits per heavy atom. The zero-order valence-corrected chi connectivity index (χ0v) is 20.3. The molecule has 0 aliphatic carbocycles. The molecule has 4 aromatic heterocycles. The number of likely N-dealkylation sites (tertiary alicyclic amines) is 1. The Hall–Kier alpha value is -4.48. The minimum absolute atomic E-state index is 0.00859. The van der Waals surface area contributed by atoms with Crippen LogP contribution in [0.3, 0.4) is 0 Å².